The van der Waals surface area contributed by atoms with Gasteiger partial charge in [0.05, 0.1) is 11.9 Å². The molecule has 0 unspecified atom stereocenters. The molecule has 114 valence electrons. The largest absolute Gasteiger partial charge is 0.380 e. The lowest BCUT2D eigenvalue weighted by Crippen LogP contribution is -2.42. The van der Waals surface area contributed by atoms with Gasteiger partial charge in [-0.1, -0.05) is 20.8 Å². The standard InChI is InChI=1S/C13H28N2O3S/c1-13(2,3)10-19(16,17)15(5)8-11-7-12(18-6)9-14(11)4/h11-12H,7-10H2,1-6H3/t11-,12-/m0/s1. The van der Waals surface area contributed by atoms with Crippen LogP contribution in [0.25, 0.3) is 0 Å². The van der Waals surface area contributed by atoms with Crippen molar-refractivity contribution < 1.29 is 13.2 Å². The molecule has 0 radical (unpaired) electrons. The highest BCUT2D eigenvalue weighted by molar-refractivity contribution is 7.89. The first-order chi connectivity index (χ1) is 8.55. The quantitative estimate of drug-likeness (QED) is 0.759. The van der Waals surface area contributed by atoms with Crippen LogP contribution in [-0.4, -0.2) is 69.8 Å². The first-order valence-corrected chi connectivity index (χ1v) is 8.33. The molecule has 19 heavy (non-hydrogen) atoms. The highest BCUT2D eigenvalue weighted by atomic mass is 32.2. The van der Waals surface area contributed by atoms with Gasteiger partial charge in [-0.05, 0) is 18.9 Å². The van der Waals surface area contributed by atoms with E-state index in [0.29, 0.717) is 6.54 Å². The van der Waals surface area contributed by atoms with Crippen molar-refractivity contribution in [3.63, 3.8) is 0 Å². The van der Waals surface area contributed by atoms with Crippen LogP contribution < -0.4 is 0 Å². The summed E-state index contributed by atoms with van der Waals surface area (Å²) >= 11 is 0. The molecule has 2 atom stereocenters. The van der Waals surface area contributed by atoms with E-state index in [1.54, 1.807) is 14.2 Å². The van der Waals surface area contributed by atoms with Crippen LogP contribution in [-0.2, 0) is 14.8 Å². The zero-order valence-electron chi connectivity index (χ0n) is 13.0. The van der Waals surface area contributed by atoms with E-state index < -0.39 is 10.0 Å². The molecule has 0 aromatic heterocycles. The molecule has 6 heteroatoms. The number of methoxy groups -OCH3 is 1. The highest BCUT2D eigenvalue weighted by Gasteiger charge is 2.33. The minimum Gasteiger partial charge on any atom is -0.380 e. The molecular weight excluding hydrogens is 264 g/mol. The second-order valence-electron chi connectivity index (χ2n) is 6.78. The molecule has 5 nitrogen and oxygen atoms in total. The first-order valence-electron chi connectivity index (χ1n) is 6.72. The van der Waals surface area contributed by atoms with Gasteiger partial charge in [0.15, 0.2) is 0 Å². The Balaban J connectivity index is 2.62. The van der Waals surface area contributed by atoms with Crippen molar-refractivity contribution in [1.82, 2.24) is 9.21 Å². The zero-order chi connectivity index (χ0) is 14.8. The van der Waals surface area contributed by atoms with Gasteiger partial charge >= 0.3 is 0 Å². The molecule has 1 aliphatic rings. The Morgan fingerprint density at radius 3 is 2.37 bits per heavy atom. The lowest BCUT2D eigenvalue weighted by atomic mass is 10.0. The molecule has 0 bridgehead atoms. The van der Waals surface area contributed by atoms with E-state index in [0.717, 1.165) is 13.0 Å². The average molecular weight is 292 g/mol. The Morgan fingerprint density at radius 1 is 1.37 bits per heavy atom. The molecular formula is C13H28N2O3S. The van der Waals surface area contributed by atoms with Crippen molar-refractivity contribution in [1.29, 1.82) is 0 Å². The van der Waals surface area contributed by atoms with Gasteiger partial charge < -0.3 is 4.74 Å². The van der Waals surface area contributed by atoms with Gasteiger partial charge in [0.1, 0.15) is 0 Å². The molecule has 0 aromatic rings. The lowest BCUT2D eigenvalue weighted by Gasteiger charge is -2.28. The Kier molecular flexibility index (Phi) is 5.40. The van der Waals surface area contributed by atoms with Gasteiger partial charge in [-0.3, -0.25) is 4.90 Å². The summed E-state index contributed by atoms with van der Waals surface area (Å²) in [7, 11) is 2.22. The summed E-state index contributed by atoms with van der Waals surface area (Å²) in [6.07, 6.45) is 1.11. The third-order valence-corrected chi connectivity index (χ3v) is 5.87. The van der Waals surface area contributed by atoms with Gasteiger partial charge in [-0.15, -0.1) is 0 Å². The zero-order valence-corrected chi connectivity index (χ0v) is 13.8. The summed E-state index contributed by atoms with van der Waals surface area (Å²) in [6, 6.07) is 0.240. The minimum atomic E-state index is -3.19. The molecule has 1 rings (SSSR count). The predicted molar refractivity (Wildman–Crippen MR) is 77.7 cm³/mol. The van der Waals surface area contributed by atoms with Gasteiger partial charge in [-0.25, -0.2) is 12.7 Å². The molecule has 1 heterocycles. The molecule has 0 aromatic carbocycles. The molecule has 0 spiro atoms. The first kappa shape index (κ1) is 16.9. The maximum Gasteiger partial charge on any atom is 0.214 e. The minimum absolute atomic E-state index is 0.181. The number of likely N-dealkylation sites (tertiary alicyclic amines) is 1. The number of rotatable bonds is 5. The van der Waals surface area contributed by atoms with Crippen LogP contribution >= 0.6 is 0 Å². The fourth-order valence-corrected chi connectivity index (χ4v) is 4.19. The summed E-state index contributed by atoms with van der Waals surface area (Å²) in [5, 5.41) is 0. The van der Waals surface area contributed by atoms with Crippen LogP contribution in [0.5, 0.6) is 0 Å². The summed E-state index contributed by atoms with van der Waals surface area (Å²) in [5.74, 6) is 0.181. The molecule has 1 fully saturated rings. The number of likely N-dealkylation sites (N-methyl/N-ethyl adjacent to an activating group) is 2. The van der Waals surface area contributed by atoms with Crippen molar-refractivity contribution in [3.05, 3.63) is 0 Å². The van der Waals surface area contributed by atoms with E-state index in [1.807, 2.05) is 27.8 Å². The van der Waals surface area contributed by atoms with E-state index in [1.165, 1.54) is 4.31 Å². The van der Waals surface area contributed by atoms with E-state index in [9.17, 15) is 8.42 Å². The van der Waals surface area contributed by atoms with Gasteiger partial charge in [0, 0.05) is 33.3 Å². The van der Waals surface area contributed by atoms with E-state index in [4.69, 9.17) is 4.74 Å². The Morgan fingerprint density at radius 2 is 1.95 bits per heavy atom. The summed E-state index contributed by atoms with van der Waals surface area (Å²) in [5.41, 5.74) is -0.219. The van der Waals surface area contributed by atoms with Crippen molar-refractivity contribution >= 4 is 10.0 Å². The average Bonchev–Trinajstić information content (AvgIpc) is 2.56. The van der Waals surface area contributed by atoms with Crippen molar-refractivity contribution in [2.75, 3.05) is 40.0 Å². The van der Waals surface area contributed by atoms with Crippen molar-refractivity contribution in [3.8, 4) is 0 Å². The Labute approximate surface area is 118 Å². The van der Waals surface area contributed by atoms with Gasteiger partial charge in [0.2, 0.25) is 10.0 Å². The highest BCUT2D eigenvalue weighted by Crippen LogP contribution is 2.22. The van der Waals surface area contributed by atoms with E-state index in [2.05, 4.69) is 4.90 Å². The number of nitrogens with zero attached hydrogens (tertiary/aromatic N) is 2. The number of sulfonamides is 1. The van der Waals surface area contributed by atoms with Crippen LogP contribution in [0.1, 0.15) is 27.2 Å². The number of hydrogen-bond acceptors (Lipinski definition) is 4. The second-order valence-corrected chi connectivity index (χ2v) is 8.86. The van der Waals surface area contributed by atoms with Crippen LogP contribution in [0.15, 0.2) is 0 Å². The van der Waals surface area contributed by atoms with E-state index >= 15 is 0 Å². The van der Waals surface area contributed by atoms with Crippen LogP contribution in [0.3, 0.4) is 0 Å². The topological polar surface area (TPSA) is 49.9 Å². The molecule has 1 aliphatic heterocycles. The molecule has 0 amide bonds. The lowest BCUT2D eigenvalue weighted by molar-refractivity contribution is 0.111. The van der Waals surface area contributed by atoms with Crippen molar-refractivity contribution in [2.45, 2.75) is 39.3 Å². The predicted octanol–water partition coefficient (Wildman–Crippen LogP) is 1.01. The van der Waals surface area contributed by atoms with Gasteiger partial charge in [-0.2, -0.15) is 0 Å². The fraction of sp³-hybridized carbons (Fsp3) is 1.00. The third-order valence-electron chi connectivity index (χ3n) is 3.54. The molecule has 1 saturated heterocycles. The van der Waals surface area contributed by atoms with Crippen molar-refractivity contribution in [2.24, 2.45) is 5.41 Å². The maximum absolute atomic E-state index is 12.3. The summed E-state index contributed by atoms with van der Waals surface area (Å²) < 4.78 is 31.4. The Bertz CT molecular complexity index is 389. The van der Waals surface area contributed by atoms with Crippen LogP contribution in [0.2, 0.25) is 0 Å². The maximum atomic E-state index is 12.3. The molecule has 0 aliphatic carbocycles. The summed E-state index contributed by atoms with van der Waals surface area (Å²) in [4.78, 5) is 2.18. The number of hydrogen-bond donors (Lipinski definition) is 0. The monoisotopic (exact) mass is 292 g/mol. The fourth-order valence-electron chi connectivity index (χ4n) is 2.48. The second kappa shape index (κ2) is 6.08. The smallest absolute Gasteiger partial charge is 0.214 e. The van der Waals surface area contributed by atoms with Gasteiger partial charge in [0.25, 0.3) is 0 Å². The summed E-state index contributed by atoms with van der Waals surface area (Å²) in [6.45, 7) is 7.24. The Hall–Kier alpha value is -0.170. The normalized spacial score (nSPS) is 26.3. The molecule has 0 saturated carbocycles. The SMILES string of the molecule is CO[C@H]1C[C@@H](CN(C)S(=O)(=O)CC(C)(C)C)N(C)C1. The van der Waals surface area contributed by atoms with E-state index in [-0.39, 0.29) is 23.3 Å². The van der Waals surface area contributed by atoms with Crippen LogP contribution in [0.4, 0.5) is 0 Å². The van der Waals surface area contributed by atoms with Crippen LogP contribution in [0, 0.1) is 5.41 Å². The number of ether oxygens (including phenoxy) is 1. The molecule has 0 N–H and O–H groups in total. The third kappa shape index (κ3) is 5.02.